The number of methoxy groups -OCH3 is 1. The van der Waals surface area contributed by atoms with Gasteiger partial charge in [-0.25, -0.2) is 4.98 Å². The van der Waals surface area contributed by atoms with Gasteiger partial charge in [0.25, 0.3) is 5.91 Å². The molecule has 4 rings (SSSR count). The van der Waals surface area contributed by atoms with E-state index in [0.717, 1.165) is 44.2 Å². The first-order chi connectivity index (χ1) is 24.8. The third-order valence-corrected chi connectivity index (χ3v) is 10.7. The van der Waals surface area contributed by atoms with Crippen LogP contribution in [0.2, 0.25) is 0 Å². The minimum Gasteiger partial charge on any atom is -0.469 e. The topological polar surface area (TPSA) is 135 Å². The van der Waals surface area contributed by atoms with Gasteiger partial charge in [-0.1, -0.05) is 63.6 Å². The second kappa shape index (κ2) is 19.1. The van der Waals surface area contributed by atoms with Gasteiger partial charge in [-0.15, -0.1) is 0 Å². The number of piperidine rings is 1. The number of ketones is 1. The third-order valence-electron chi connectivity index (χ3n) is 10.7. The molecule has 0 bridgehead atoms. The summed E-state index contributed by atoms with van der Waals surface area (Å²) in [7, 11) is 5.12. The van der Waals surface area contributed by atoms with Crippen LogP contribution in [0.4, 0.5) is 0 Å². The number of hydrogen-bond acceptors (Lipinski definition) is 9. The maximum Gasteiger partial charge on any atom is 0.308 e. The largest absolute Gasteiger partial charge is 0.469 e. The Morgan fingerprint density at radius 3 is 2.29 bits per heavy atom. The van der Waals surface area contributed by atoms with Crippen LogP contribution < -0.4 is 5.32 Å². The minimum absolute atomic E-state index is 0.00549. The predicted octanol–water partition coefficient (Wildman–Crippen LogP) is 5.57. The lowest BCUT2D eigenvalue weighted by Crippen LogP contribution is -2.47. The number of nitrogens with zero attached hydrogens (tertiary/aromatic N) is 3. The summed E-state index contributed by atoms with van der Waals surface area (Å²) in [5.41, 5.74) is 1.55. The Hall–Kier alpha value is -4.12. The van der Waals surface area contributed by atoms with Crippen molar-refractivity contribution >= 4 is 29.5 Å². The van der Waals surface area contributed by atoms with Gasteiger partial charge in [-0.2, -0.15) is 0 Å². The summed E-state index contributed by atoms with van der Waals surface area (Å²) in [5.74, 6) is -1.82. The number of Topliss-reactive ketones (excluding diaryl/α,β-unsaturated/α-hetero) is 1. The quantitative estimate of drug-likeness (QED) is 0.196. The van der Waals surface area contributed by atoms with Crippen LogP contribution in [0.1, 0.15) is 107 Å². The molecule has 1 saturated heterocycles. The molecule has 1 aromatic heterocycles. The molecule has 11 nitrogen and oxygen atoms in total. The highest BCUT2D eigenvalue weighted by molar-refractivity contribution is 5.92. The summed E-state index contributed by atoms with van der Waals surface area (Å²) in [6, 6.07) is 13.9. The van der Waals surface area contributed by atoms with Crippen LogP contribution in [0.15, 0.2) is 48.5 Å². The average molecular weight is 719 g/mol. The number of hydrogen-bond donors (Lipinski definition) is 1. The Kier molecular flexibility index (Phi) is 14.9. The van der Waals surface area contributed by atoms with Gasteiger partial charge in [0.05, 0.1) is 24.8 Å². The molecule has 6 atom stereocenters. The molecule has 0 spiro atoms. The molecule has 0 unspecified atom stereocenters. The number of aromatic nitrogens is 1. The summed E-state index contributed by atoms with van der Waals surface area (Å²) in [6.07, 6.45) is 5.36. The zero-order valence-electron chi connectivity index (χ0n) is 32.0. The van der Waals surface area contributed by atoms with Crippen molar-refractivity contribution in [2.45, 2.75) is 110 Å². The van der Waals surface area contributed by atoms with Crippen molar-refractivity contribution < 1.29 is 33.4 Å². The summed E-state index contributed by atoms with van der Waals surface area (Å²) in [5, 5.41) is 3.06. The average Bonchev–Trinajstić information content (AvgIpc) is 3.97. The lowest BCUT2D eigenvalue weighted by Gasteiger charge is -2.36. The van der Waals surface area contributed by atoms with Crippen molar-refractivity contribution in [2.24, 2.45) is 23.7 Å². The fourth-order valence-corrected chi connectivity index (χ4v) is 7.57. The Balaban J connectivity index is 1.52. The molecule has 11 heteroatoms. The zero-order valence-corrected chi connectivity index (χ0v) is 32.0. The smallest absolute Gasteiger partial charge is 0.308 e. The second-order valence-corrected chi connectivity index (χ2v) is 15.2. The van der Waals surface area contributed by atoms with E-state index in [9.17, 15) is 24.0 Å². The first-order valence-electron chi connectivity index (χ1n) is 18.8. The number of carbonyl (C=O) groups excluding carboxylic acids is 5. The van der Waals surface area contributed by atoms with E-state index < -0.39 is 23.9 Å². The maximum atomic E-state index is 14.2. The fourth-order valence-electron chi connectivity index (χ4n) is 7.57. The first kappa shape index (κ1) is 40.6. The highest BCUT2D eigenvalue weighted by atomic mass is 16.5. The SMILES string of the molecule is COC(=O)[C@@H](C)C[C@H](Cc1ccccc1)NC(=O)c1cccc([C@@H](C[C@H](C(C)C)N(C)C(=O)[C@@H](CC(=O)[C@H]2CCCCN2C)C2CC2)OC(C)=O)n1. The van der Waals surface area contributed by atoms with E-state index in [2.05, 4.69) is 15.2 Å². The van der Waals surface area contributed by atoms with E-state index in [0.29, 0.717) is 18.5 Å². The normalized spacial score (nSPS) is 19.1. The van der Waals surface area contributed by atoms with E-state index in [1.165, 1.54) is 14.0 Å². The van der Waals surface area contributed by atoms with Crippen LogP contribution in [0.25, 0.3) is 0 Å². The Bertz CT molecular complexity index is 1530. The molecular weight excluding hydrogens is 660 g/mol. The minimum atomic E-state index is -0.829. The summed E-state index contributed by atoms with van der Waals surface area (Å²) in [4.78, 5) is 74.5. The molecule has 284 valence electrons. The molecule has 1 aliphatic carbocycles. The number of likely N-dealkylation sites (N-methyl/N-ethyl adjacent to an activating group) is 1. The molecule has 2 heterocycles. The van der Waals surface area contributed by atoms with Crippen molar-refractivity contribution in [2.75, 3.05) is 27.7 Å². The van der Waals surface area contributed by atoms with Gasteiger partial charge in [0.1, 0.15) is 11.8 Å². The highest BCUT2D eigenvalue weighted by Crippen LogP contribution is 2.41. The van der Waals surface area contributed by atoms with Crippen LogP contribution in [0.5, 0.6) is 0 Å². The van der Waals surface area contributed by atoms with Crippen LogP contribution in [-0.2, 0) is 35.1 Å². The van der Waals surface area contributed by atoms with Gasteiger partial charge in [-0.3, -0.25) is 28.9 Å². The van der Waals surface area contributed by atoms with Crippen molar-refractivity contribution in [1.82, 2.24) is 20.1 Å². The van der Waals surface area contributed by atoms with Crippen molar-refractivity contribution in [3.05, 3.63) is 65.5 Å². The van der Waals surface area contributed by atoms with E-state index >= 15 is 0 Å². The number of likely N-dealkylation sites (tertiary alicyclic amines) is 1. The van der Waals surface area contributed by atoms with Gasteiger partial charge in [0.2, 0.25) is 5.91 Å². The predicted molar refractivity (Wildman–Crippen MR) is 198 cm³/mol. The molecule has 52 heavy (non-hydrogen) atoms. The lowest BCUT2D eigenvalue weighted by molar-refractivity contribution is -0.149. The van der Waals surface area contributed by atoms with E-state index in [4.69, 9.17) is 9.47 Å². The molecule has 1 aromatic carbocycles. The molecule has 2 fully saturated rings. The molecule has 0 radical (unpaired) electrons. The highest BCUT2D eigenvalue weighted by Gasteiger charge is 2.42. The monoisotopic (exact) mass is 718 g/mol. The standard InChI is InChI=1S/C41H58N4O7/c1-26(2)36(45(6)40(49)32(30-19-20-30)24-37(47)35-18-11-12-21-44(35)5)25-38(52-28(4)46)33-16-13-17-34(43-33)39(48)42-31(22-27(3)41(50)51-7)23-29-14-9-8-10-15-29/h8-10,13-17,26-27,30-32,35-36,38H,11-12,18-25H2,1-7H3,(H,42,48)/t27-,31+,32-,35+,36+,38+/m0/s1. The number of carbonyl (C=O) groups is 5. The first-order valence-corrected chi connectivity index (χ1v) is 18.8. The lowest BCUT2D eigenvalue weighted by atomic mass is 9.88. The second-order valence-electron chi connectivity index (χ2n) is 15.2. The van der Waals surface area contributed by atoms with Gasteiger partial charge in [-0.05, 0) is 81.6 Å². The Labute approximate surface area is 309 Å². The molecule has 1 N–H and O–H groups in total. The number of rotatable bonds is 18. The van der Waals surface area contributed by atoms with Crippen molar-refractivity contribution in [3.8, 4) is 0 Å². The van der Waals surface area contributed by atoms with Crippen LogP contribution in [-0.4, -0.2) is 90.2 Å². The van der Waals surface area contributed by atoms with E-state index in [-0.39, 0.29) is 72.1 Å². The summed E-state index contributed by atoms with van der Waals surface area (Å²) >= 11 is 0. The zero-order chi connectivity index (χ0) is 37.9. The van der Waals surface area contributed by atoms with E-state index in [1.54, 1.807) is 37.1 Å². The molecule has 2 aliphatic rings. The van der Waals surface area contributed by atoms with Gasteiger partial charge >= 0.3 is 11.9 Å². The Morgan fingerprint density at radius 1 is 0.962 bits per heavy atom. The number of amides is 2. The van der Waals surface area contributed by atoms with Crippen LogP contribution in [0.3, 0.4) is 0 Å². The number of benzene rings is 1. The summed E-state index contributed by atoms with van der Waals surface area (Å²) < 4.78 is 10.8. The Morgan fingerprint density at radius 2 is 1.67 bits per heavy atom. The van der Waals surface area contributed by atoms with Crippen LogP contribution in [0, 0.1) is 23.7 Å². The van der Waals surface area contributed by atoms with Crippen molar-refractivity contribution in [1.29, 1.82) is 0 Å². The van der Waals surface area contributed by atoms with E-state index in [1.807, 2.05) is 51.2 Å². The summed E-state index contributed by atoms with van der Waals surface area (Å²) in [6.45, 7) is 8.03. The number of nitrogens with one attached hydrogen (secondary N) is 1. The molecule has 2 amide bonds. The van der Waals surface area contributed by atoms with Gasteiger partial charge in [0.15, 0.2) is 5.78 Å². The molecule has 1 saturated carbocycles. The fraction of sp³-hybridized carbons (Fsp3) is 0.610. The van der Waals surface area contributed by atoms with Crippen LogP contribution >= 0.6 is 0 Å². The number of ether oxygens (including phenoxy) is 2. The van der Waals surface area contributed by atoms with Gasteiger partial charge < -0.3 is 19.7 Å². The number of pyridine rings is 1. The molecule has 2 aromatic rings. The molecule has 1 aliphatic heterocycles. The third kappa shape index (κ3) is 11.4. The van der Waals surface area contributed by atoms with Crippen molar-refractivity contribution in [3.63, 3.8) is 0 Å². The van der Waals surface area contributed by atoms with Gasteiger partial charge in [0, 0.05) is 44.8 Å². The number of esters is 2. The molecular formula is C41H58N4O7. The maximum absolute atomic E-state index is 14.2.